The number of aromatic nitrogens is 3. The predicted molar refractivity (Wildman–Crippen MR) is 111 cm³/mol. The molecule has 2 aliphatic heterocycles. The van der Waals surface area contributed by atoms with Crippen LogP contribution in [-0.4, -0.2) is 60.4 Å². The summed E-state index contributed by atoms with van der Waals surface area (Å²) in [6.07, 6.45) is 3.47. The van der Waals surface area contributed by atoms with Gasteiger partial charge in [-0.3, -0.25) is 5.43 Å². The second-order valence-electron chi connectivity index (χ2n) is 6.98. The smallest absolute Gasteiger partial charge is 0.337 e. The number of hydrogen-bond donors (Lipinski definition) is 3. The first kappa shape index (κ1) is 19.2. The van der Waals surface area contributed by atoms with Crippen LogP contribution in [0.1, 0.15) is 19.3 Å². The Morgan fingerprint density at radius 1 is 0.862 bits per heavy atom. The summed E-state index contributed by atoms with van der Waals surface area (Å²) in [6.45, 7) is 4.59. The van der Waals surface area contributed by atoms with E-state index < -0.39 is 6.03 Å². The van der Waals surface area contributed by atoms with Gasteiger partial charge in [0, 0.05) is 31.9 Å². The molecule has 2 aliphatic rings. The van der Waals surface area contributed by atoms with Gasteiger partial charge in [0.25, 0.3) is 0 Å². The van der Waals surface area contributed by atoms with Gasteiger partial charge in [0.1, 0.15) is 0 Å². The van der Waals surface area contributed by atoms with Crippen LogP contribution in [0, 0.1) is 0 Å². The summed E-state index contributed by atoms with van der Waals surface area (Å²) < 4.78 is 5.43. The normalized spacial score (nSPS) is 17.0. The Labute approximate surface area is 169 Å². The topological polar surface area (TPSA) is 108 Å². The van der Waals surface area contributed by atoms with Gasteiger partial charge in [-0.2, -0.15) is 15.0 Å². The molecule has 0 aliphatic carbocycles. The lowest BCUT2D eigenvalue weighted by Gasteiger charge is -2.30. The monoisotopic (exact) mass is 398 g/mol. The van der Waals surface area contributed by atoms with Crippen molar-refractivity contribution in [2.24, 2.45) is 0 Å². The number of nitrogens with one attached hydrogen (secondary N) is 3. The van der Waals surface area contributed by atoms with Gasteiger partial charge in [0.05, 0.1) is 13.2 Å². The number of carbonyl (C=O) groups is 1. The summed E-state index contributed by atoms with van der Waals surface area (Å²) in [7, 11) is 0. The fourth-order valence-electron chi connectivity index (χ4n) is 3.35. The first-order valence-electron chi connectivity index (χ1n) is 10.00. The van der Waals surface area contributed by atoms with Crippen molar-refractivity contribution in [1.29, 1.82) is 0 Å². The molecule has 3 N–H and O–H groups in total. The minimum Gasteiger partial charge on any atom is -0.378 e. The second kappa shape index (κ2) is 9.37. The van der Waals surface area contributed by atoms with Crippen LogP contribution in [0.3, 0.4) is 0 Å². The number of para-hydroxylation sites is 1. The van der Waals surface area contributed by atoms with Gasteiger partial charge < -0.3 is 19.9 Å². The van der Waals surface area contributed by atoms with Gasteiger partial charge in [0.15, 0.2) is 0 Å². The summed E-state index contributed by atoms with van der Waals surface area (Å²) >= 11 is 0. The van der Waals surface area contributed by atoms with E-state index in [1.54, 1.807) is 0 Å². The summed E-state index contributed by atoms with van der Waals surface area (Å²) in [4.78, 5) is 30.1. The molecule has 154 valence electrons. The van der Waals surface area contributed by atoms with Crippen molar-refractivity contribution in [2.45, 2.75) is 19.3 Å². The molecular formula is C19H26N8O2. The SMILES string of the molecule is O=C(NNc1nc(N2CCCCC2)nc(N2CCOCC2)n1)Nc1ccccc1. The van der Waals surface area contributed by atoms with E-state index in [1.165, 1.54) is 6.42 Å². The number of morpholine rings is 1. The highest BCUT2D eigenvalue weighted by atomic mass is 16.5. The van der Waals surface area contributed by atoms with Gasteiger partial charge in [0.2, 0.25) is 17.8 Å². The van der Waals surface area contributed by atoms with E-state index in [1.807, 2.05) is 30.3 Å². The molecule has 3 heterocycles. The van der Waals surface area contributed by atoms with Gasteiger partial charge in [-0.15, -0.1) is 0 Å². The number of benzene rings is 1. The number of anilines is 4. The summed E-state index contributed by atoms with van der Waals surface area (Å²) in [6, 6.07) is 8.83. The van der Waals surface area contributed by atoms with Crippen molar-refractivity contribution in [3.8, 4) is 0 Å². The van der Waals surface area contributed by atoms with Crippen LogP contribution < -0.4 is 26.0 Å². The highest BCUT2D eigenvalue weighted by Crippen LogP contribution is 2.20. The Hall–Kier alpha value is -3.14. The third kappa shape index (κ3) is 5.23. The molecule has 0 unspecified atom stereocenters. The number of rotatable bonds is 5. The zero-order valence-corrected chi connectivity index (χ0v) is 16.3. The van der Waals surface area contributed by atoms with E-state index in [4.69, 9.17) is 4.74 Å². The molecule has 2 amide bonds. The maximum atomic E-state index is 12.2. The average Bonchev–Trinajstić information content (AvgIpc) is 2.79. The van der Waals surface area contributed by atoms with Crippen LogP contribution in [0.4, 0.5) is 28.3 Å². The molecule has 0 radical (unpaired) electrons. The van der Waals surface area contributed by atoms with Crippen molar-refractivity contribution in [1.82, 2.24) is 20.4 Å². The molecule has 0 bridgehead atoms. The Balaban J connectivity index is 1.47. The Morgan fingerprint density at radius 3 is 2.21 bits per heavy atom. The molecular weight excluding hydrogens is 372 g/mol. The van der Waals surface area contributed by atoms with Gasteiger partial charge in [-0.05, 0) is 31.4 Å². The third-order valence-corrected chi connectivity index (χ3v) is 4.86. The maximum absolute atomic E-state index is 12.2. The van der Waals surface area contributed by atoms with E-state index >= 15 is 0 Å². The maximum Gasteiger partial charge on any atom is 0.337 e. The first-order chi connectivity index (χ1) is 14.3. The Morgan fingerprint density at radius 2 is 1.52 bits per heavy atom. The van der Waals surface area contributed by atoms with E-state index in [0.717, 1.165) is 39.0 Å². The van der Waals surface area contributed by atoms with Gasteiger partial charge in [-0.25, -0.2) is 10.2 Å². The number of hydrogen-bond acceptors (Lipinski definition) is 8. The lowest BCUT2D eigenvalue weighted by Crippen LogP contribution is -2.39. The van der Waals surface area contributed by atoms with Crippen molar-refractivity contribution >= 4 is 29.6 Å². The lowest BCUT2D eigenvalue weighted by atomic mass is 10.1. The van der Waals surface area contributed by atoms with Gasteiger partial charge >= 0.3 is 6.03 Å². The molecule has 0 spiro atoms. The van der Waals surface area contributed by atoms with Crippen molar-refractivity contribution in [3.63, 3.8) is 0 Å². The van der Waals surface area contributed by atoms with E-state index in [2.05, 4.69) is 40.9 Å². The number of ether oxygens (including phenoxy) is 1. The molecule has 29 heavy (non-hydrogen) atoms. The highest BCUT2D eigenvalue weighted by molar-refractivity contribution is 5.89. The zero-order valence-electron chi connectivity index (χ0n) is 16.3. The van der Waals surface area contributed by atoms with E-state index in [-0.39, 0.29) is 0 Å². The minimum atomic E-state index is -0.399. The van der Waals surface area contributed by atoms with E-state index in [9.17, 15) is 4.79 Å². The molecule has 10 heteroatoms. The molecule has 1 aromatic carbocycles. The Kier molecular flexibility index (Phi) is 6.20. The number of nitrogens with zero attached hydrogens (tertiary/aromatic N) is 5. The predicted octanol–water partition coefficient (Wildman–Crippen LogP) is 1.85. The minimum absolute atomic E-state index is 0.310. The molecule has 2 fully saturated rings. The second-order valence-corrected chi connectivity index (χ2v) is 6.98. The zero-order chi connectivity index (χ0) is 19.9. The van der Waals surface area contributed by atoms with Crippen molar-refractivity contribution in [2.75, 3.05) is 59.9 Å². The van der Waals surface area contributed by atoms with Crippen LogP contribution in [0.25, 0.3) is 0 Å². The Bertz CT molecular complexity index is 771. The number of carbonyl (C=O) groups excluding carboxylic acids is 1. The summed E-state index contributed by atoms with van der Waals surface area (Å²) in [5.74, 6) is 1.54. The highest BCUT2D eigenvalue weighted by Gasteiger charge is 2.20. The van der Waals surface area contributed by atoms with Crippen LogP contribution in [0.15, 0.2) is 30.3 Å². The summed E-state index contributed by atoms with van der Waals surface area (Å²) in [5.41, 5.74) is 6.11. The van der Waals surface area contributed by atoms with Crippen LogP contribution >= 0.6 is 0 Å². The van der Waals surface area contributed by atoms with Gasteiger partial charge in [-0.1, -0.05) is 18.2 Å². The molecule has 0 saturated carbocycles. The standard InChI is InChI=1S/C19H26N8O2/c28-19(20-15-7-3-1-4-8-15)25-24-16-21-17(26-9-5-2-6-10-26)23-18(22-16)27-11-13-29-14-12-27/h1,3-4,7-8H,2,5-6,9-14H2,(H2,20,25,28)(H,21,22,23,24). The number of piperidine rings is 1. The molecule has 0 atom stereocenters. The molecule has 10 nitrogen and oxygen atoms in total. The fourth-order valence-corrected chi connectivity index (χ4v) is 3.35. The first-order valence-corrected chi connectivity index (χ1v) is 10.00. The number of hydrazine groups is 1. The summed E-state index contributed by atoms with van der Waals surface area (Å²) in [5, 5.41) is 2.75. The number of urea groups is 1. The van der Waals surface area contributed by atoms with Crippen molar-refractivity contribution in [3.05, 3.63) is 30.3 Å². The van der Waals surface area contributed by atoms with Crippen LogP contribution in [0.5, 0.6) is 0 Å². The third-order valence-electron chi connectivity index (χ3n) is 4.86. The average molecular weight is 398 g/mol. The largest absolute Gasteiger partial charge is 0.378 e. The van der Waals surface area contributed by atoms with Crippen LogP contribution in [-0.2, 0) is 4.74 Å². The van der Waals surface area contributed by atoms with Crippen LogP contribution in [0.2, 0.25) is 0 Å². The quantitative estimate of drug-likeness (QED) is 0.655. The number of amides is 2. The molecule has 4 rings (SSSR count). The fraction of sp³-hybridized carbons (Fsp3) is 0.474. The molecule has 2 saturated heterocycles. The van der Waals surface area contributed by atoms with E-state index in [0.29, 0.717) is 36.7 Å². The molecule has 1 aromatic heterocycles. The lowest BCUT2D eigenvalue weighted by molar-refractivity contribution is 0.122. The molecule has 2 aromatic rings. The van der Waals surface area contributed by atoms with Crippen molar-refractivity contribution < 1.29 is 9.53 Å².